The molecule has 0 spiro atoms. The molecule has 1 aromatic heterocycles. The summed E-state index contributed by atoms with van der Waals surface area (Å²) in [6, 6.07) is 10.4. The van der Waals surface area contributed by atoms with Crippen LogP contribution in [0.4, 0.5) is 5.69 Å². The minimum atomic E-state index is -0.794. The van der Waals surface area contributed by atoms with Gasteiger partial charge in [0.25, 0.3) is 11.8 Å². The summed E-state index contributed by atoms with van der Waals surface area (Å²) in [7, 11) is 0. The van der Waals surface area contributed by atoms with Crippen LogP contribution in [-0.4, -0.2) is 40.9 Å². The molecule has 0 bridgehead atoms. The minimum absolute atomic E-state index is 0.0284. The van der Waals surface area contributed by atoms with Gasteiger partial charge in [-0.1, -0.05) is 18.6 Å². The summed E-state index contributed by atoms with van der Waals surface area (Å²) in [5.74, 6) is -1.16. The number of thiophene rings is 1. The van der Waals surface area contributed by atoms with Crippen LogP contribution in [0.25, 0.3) is 0 Å². The molecule has 4 rings (SSSR count). The maximum atomic E-state index is 12.9. The van der Waals surface area contributed by atoms with Crippen LogP contribution in [-0.2, 0) is 4.79 Å². The van der Waals surface area contributed by atoms with Gasteiger partial charge in [-0.25, -0.2) is 0 Å². The van der Waals surface area contributed by atoms with Crippen LogP contribution in [0.5, 0.6) is 0 Å². The first kappa shape index (κ1) is 17.7. The predicted molar refractivity (Wildman–Crippen MR) is 102 cm³/mol. The fraction of sp³-hybridized carbons (Fsp3) is 0.350. The van der Waals surface area contributed by atoms with Gasteiger partial charge in [-0.05, 0) is 48.4 Å². The number of nitrogens with zero attached hydrogens (tertiary/aromatic N) is 1. The summed E-state index contributed by atoms with van der Waals surface area (Å²) in [6.07, 6.45) is 2.39. The molecule has 2 atom stereocenters. The number of carbonyl (C=O) groups excluding carboxylic acids is 2. The second-order valence-corrected chi connectivity index (χ2v) is 8.20. The number of amides is 2. The molecule has 2 aromatic rings. The minimum Gasteiger partial charge on any atom is -0.481 e. The largest absolute Gasteiger partial charge is 0.481 e. The van der Waals surface area contributed by atoms with Crippen LogP contribution in [0.15, 0.2) is 41.8 Å². The number of carboxylic acid groups (broad SMARTS) is 1. The van der Waals surface area contributed by atoms with Gasteiger partial charge in [0.1, 0.15) is 0 Å². The average Bonchev–Trinajstić information content (AvgIpc) is 3.36. The van der Waals surface area contributed by atoms with Crippen LogP contribution in [0.1, 0.15) is 39.3 Å². The maximum absolute atomic E-state index is 12.9. The van der Waals surface area contributed by atoms with Crippen molar-refractivity contribution in [3.63, 3.8) is 0 Å². The molecule has 27 heavy (non-hydrogen) atoms. The van der Waals surface area contributed by atoms with E-state index in [9.17, 15) is 19.5 Å². The lowest BCUT2D eigenvalue weighted by atomic mass is 9.81. The van der Waals surface area contributed by atoms with Crippen LogP contribution >= 0.6 is 11.3 Å². The van der Waals surface area contributed by atoms with Crippen molar-refractivity contribution in [2.24, 2.45) is 11.3 Å². The van der Waals surface area contributed by atoms with Crippen LogP contribution in [0.2, 0.25) is 0 Å². The molecular weight excluding hydrogens is 364 g/mol. The molecule has 2 fully saturated rings. The van der Waals surface area contributed by atoms with E-state index in [1.807, 2.05) is 11.4 Å². The van der Waals surface area contributed by atoms with Crippen molar-refractivity contribution in [2.75, 3.05) is 18.4 Å². The Labute approximate surface area is 160 Å². The third-order valence-electron chi connectivity index (χ3n) is 5.70. The molecule has 1 saturated heterocycles. The Morgan fingerprint density at radius 1 is 1.22 bits per heavy atom. The number of hydrogen-bond acceptors (Lipinski definition) is 4. The van der Waals surface area contributed by atoms with Gasteiger partial charge in [0, 0.05) is 24.3 Å². The third kappa shape index (κ3) is 3.12. The molecule has 1 aromatic carbocycles. The summed E-state index contributed by atoms with van der Waals surface area (Å²) in [6.45, 7) is 0.745. The number of hydrogen-bond donors (Lipinski definition) is 2. The van der Waals surface area contributed by atoms with E-state index in [-0.39, 0.29) is 24.3 Å². The number of carboxylic acids is 1. The van der Waals surface area contributed by atoms with E-state index in [4.69, 9.17) is 0 Å². The van der Waals surface area contributed by atoms with Crippen molar-refractivity contribution in [3.05, 3.63) is 52.2 Å². The molecule has 1 aliphatic carbocycles. The SMILES string of the molecule is O=C(Nc1cccc(C(=O)N2C[C@@H]3CCC[C@@]3(C(=O)O)C2)c1)c1cccs1. The first-order valence-corrected chi connectivity index (χ1v) is 9.85. The van der Waals surface area contributed by atoms with E-state index in [1.165, 1.54) is 11.3 Å². The van der Waals surface area contributed by atoms with E-state index in [0.717, 1.165) is 12.8 Å². The number of fused-ring (bicyclic) bond motifs is 1. The normalized spacial score (nSPS) is 23.9. The molecule has 0 unspecified atom stereocenters. The molecule has 2 amide bonds. The highest BCUT2D eigenvalue weighted by Crippen LogP contribution is 2.49. The van der Waals surface area contributed by atoms with Gasteiger partial charge in [0.05, 0.1) is 10.3 Å². The zero-order valence-electron chi connectivity index (χ0n) is 14.7. The van der Waals surface area contributed by atoms with Gasteiger partial charge < -0.3 is 15.3 Å². The fourth-order valence-electron chi connectivity index (χ4n) is 4.31. The molecule has 0 radical (unpaired) electrons. The van der Waals surface area contributed by atoms with E-state index < -0.39 is 11.4 Å². The van der Waals surface area contributed by atoms with Crippen LogP contribution in [0.3, 0.4) is 0 Å². The number of aliphatic carboxylic acids is 1. The molecule has 6 nitrogen and oxygen atoms in total. The van der Waals surface area contributed by atoms with Crippen molar-refractivity contribution in [2.45, 2.75) is 19.3 Å². The quantitative estimate of drug-likeness (QED) is 0.847. The number of carbonyl (C=O) groups is 3. The van der Waals surface area contributed by atoms with Gasteiger partial charge in [-0.3, -0.25) is 14.4 Å². The average molecular weight is 384 g/mol. The lowest BCUT2D eigenvalue weighted by Gasteiger charge is -2.23. The molecule has 2 heterocycles. The Morgan fingerprint density at radius 2 is 2.07 bits per heavy atom. The Morgan fingerprint density at radius 3 is 2.78 bits per heavy atom. The topological polar surface area (TPSA) is 86.7 Å². The standard InChI is InChI=1S/C20H20N2O4S/c23-17(16-7-3-9-27-16)21-15-6-1-4-13(10-15)18(24)22-11-14-5-2-8-20(14,12-22)19(25)26/h1,3-4,6-7,9-10,14H,2,5,8,11-12H2,(H,21,23)(H,25,26)/t14-,20+/m0/s1. The molecule has 2 N–H and O–H groups in total. The summed E-state index contributed by atoms with van der Waals surface area (Å²) < 4.78 is 0. The lowest BCUT2D eigenvalue weighted by Crippen LogP contribution is -2.37. The third-order valence-corrected chi connectivity index (χ3v) is 6.56. The van der Waals surface area contributed by atoms with Crippen molar-refractivity contribution in [1.29, 1.82) is 0 Å². The molecule has 140 valence electrons. The molecule has 1 aliphatic heterocycles. The van der Waals surface area contributed by atoms with Gasteiger partial charge in [0.15, 0.2) is 0 Å². The Balaban J connectivity index is 1.50. The Kier molecular flexibility index (Phi) is 4.47. The number of anilines is 1. The first-order valence-electron chi connectivity index (χ1n) is 8.97. The Bertz CT molecular complexity index is 895. The van der Waals surface area contributed by atoms with E-state index in [1.54, 1.807) is 35.2 Å². The summed E-state index contributed by atoms with van der Waals surface area (Å²) >= 11 is 1.35. The number of nitrogens with one attached hydrogen (secondary N) is 1. The Hall–Kier alpha value is -2.67. The predicted octanol–water partition coefficient (Wildman–Crippen LogP) is 3.33. The van der Waals surface area contributed by atoms with Gasteiger partial charge in [0.2, 0.25) is 0 Å². The van der Waals surface area contributed by atoms with E-state index in [2.05, 4.69) is 5.32 Å². The molecular formula is C20H20N2O4S. The first-order chi connectivity index (χ1) is 13.0. The van der Waals surface area contributed by atoms with Crippen molar-refractivity contribution in [3.8, 4) is 0 Å². The van der Waals surface area contributed by atoms with Gasteiger partial charge in [-0.2, -0.15) is 0 Å². The maximum Gasteiger partial charge on any atom is 0.311 e. The second-order valence-electron chi connectivity index (χ2n) is 7.25. The van der Waals surface area contributed by atoms with Crippen LogP contribution in [0, 0.1) is 11.3 Å². The van der Waals surface area contributed by atoms with Crippen molar-refractivity contribution >= 4 is 34.8 Å². The zero-order valence-corrected chi connectivity index (χ0v) is 15.5. The number of rotatable bonds is 4. The summed E-state index contributed by atoms with van der Waals surface area (Å²) in [5.41, 5.74) is 0.215. The summed E-state index contributed by atoms with van der Waals surface area (Å²) in [5, 5.41) is 14.3. The van der Waals surface area contributed by atoms with Gasteiger partial charge in [-0.15, -0.1) is 11.3 Å². The van der Waals surface area contributed by atoms with Crippen LogP contribution < -0.4 is 5.32 Å². The van der Waals surface area contributed by atoms with Gasteiger partial charge >= 0.3 is 5.97 Å². The van der Waals surface area contributed by atoms with Crippen molar-refractivity contribution < 1.29 is 19.5 Å². The zero-order chi connectivity index (χ0) is 19.0. The second kappa shape index (κ2) is 6.81. The highest BCUT2D eigenvalue weighted by molar-refractivity contribution is 7.12. The highest BCUT2D eigenvalue weighted by Gasteiger charge is 2.55. The monoisotopic (exact) mass is 384 g/mol. The molecule has 7 heteroatoms. The number of likely N-dealkylation sites (tertiary alicyclic amines) is 1. The lowest BCUT2D eigenvalue weighted by molar-refractivity contribution is -0.149. The smallest absolute Gasteiger partial charge is 0.311 e. The number of benzene rings is 1. The fourth-order valence-corrected chi connectivity index (χ4v) is 4.93. The molecule has 1 saturated carbocycles. The van der Waals surface area contributed by atoms with E-state index >= 15 is 0 Å². The van der Waals surface area contributed by atoms with E-state index in [0.29, 0.717) is 29.1 Å². The summed E-state index contributed by atoms with van der Waals surface area (Å²) in [4.78, 5) is 39.2. The van der Waals surface area contributed by atoms with Crippen molar-refractivity contribution in [1.82, 2.24) is 4.90 Å². The molecule has 2 aliphatic rings. The highest BCUT2D eigenvalue weighted by atomic mass is 32.1.